The number of aliphatic hydroxyl groups excluding tert-OH is 1. The van der Waals surface area contributed by atoms with Gasteiger partial charge >= 0.3 is 0 Å². The largest absolute Gasteiger partial charge is 0.496 e. The van der Waals surface area contributed by atoms with Crippen molar-refractivity contribution in [3.8, 4) is 5.75 Å². The lowest BCUT2D eigenvalue weighted by Gasteiger charge is -2.28. The Labute approximate surface area is 114 Å². The van der Waals surface area contributed by atoms with Gasteiger partial charge in [-0.1, -0.05) is 0 Å². The molecule has 0 saturated carbocycles. The predicted octanol–water partition coefficient (Wildman–Crippen LogP) is 2.63. The number of ether oxygens (including phenoxy) is 1. The highest BCUT2D eigenvalue weighted by Crippen LogP contribution is 2.36. The van der Waals surface area contributed by atoms with Gasteiger partial charge in [-0.3, -0.25) is 0 Å². The minimum absolute atomic E-state index is 0.192. The summed E-state index contributed by atoms with van der Waals surface area (Å²) in [7, 11) is 1.49. The van der Waals surface area contributed by atoms with Crippen LogP contribution in [0.3, 0.4) is 0 Å². The van der Waals surface area contributed by atoms with Crippen LogP contribution in [-0.4, -0.2) is 25.3 Å². The molecule has 1 atom stereocenters. The average Bonchev–Trinajstić information content (AvgIpc) is 2.41. The summed E-state index contributed by atoms with van der Waals surface area (Å²) in [4.78, 5) is 0. The van der Waals surface area contributed by atoms with Gasteiger partial charge in [-0.05, 0) is 53.8 Å². The SMILES string of the molecule is COc1cc(F)c(Br)cc1C(O)C1CCNCC1. The Bertz CT molecular complexity index is 422. The lowest BCUT2D eigenvalue weighted by Crippen LogP contribution is -2.31. The second-order valence-corrected chi connectivity index (χ2v) is 5.39. The number of hydrogen-bond donors (Lipinski definition) is 2. The van der Waals surface area contributed by atoms with Crippen LogP contribution in [0.4, 0.5) is 4.39 Å². The Balaban J connectivity index is 2.27. The fourth-order valence-corrected chi connectivity index (χ4v) is 2.73. The number of methoxy groups -OCH3 is 1. The van der Waals surface area contributed by atoms with Gasteiger partial charge in [0.25, 0.3) is 0 Å². The first kappa shape index (κ1) is 13.8. The van der Waals surface area contributed by atoms with E-state index < -0.39 is 6.10 Å². The zero-order valence-electron chi connectivity index (χ0n) is 10.2. The third kappa shape index (κ3) is 2.84. The second-order valence-electron chi connectivity index (χ2n) is 4.54. The van der Waals surface area contributed by atoms with Crippen molar-refractivity contribution >= 4 is 15.9 Å². The molecule has 1 aliphatic rings. The highest BCUT2D eigenvalue weighted by atomic mass is 79.9. The number of aliphatic hydroxyl groups is 1. The first-order chi connectivity index (χ1) is 8.63. The maximum atomic E-state index is 13.4. The van der Waals surface area contributed by atoms with Crippen molar-refractivity contribution in [3.05, 3.63) is 28.0 Å². The summed E-state index contributed by atoms with van der Waals surface area (Å²) in [6.07, 6.45) is 1.22. The Kier molecular flexibility index (Phi) is 4.59. The van der Waals surface area contributed by atoms with E-state index in [1.807, 2.05) is 0 Å². The number of piperidine rings is 1. The molecule has 18 heavy (non-hydrogen) atoms. The quantitative estimate of drug-likeness (QED) is 0.900. The van der Waals surface area contributed by atoms with Gasteiger partial charge < -0.3 is 15.2 Å². The first-order valence-electron chi connectivity index (χ1n) is 6.05. The van der Waals surface area contributed by atoms with E-state index in [0.29, 0.717) is 15.8 Å². The van der Waals surface area contributed by atoms with Crippen LogP contribution in [0.25, 0.3) is 0 Å². The van der Waals surface area contributed by atoms with E-state index in [0.717, 1.165) is 25.9 Å². The van der Waals surface area contributed by atoms with E-state index in [4.69, 9.17) is 4.74 Å². The van der Waals surface area contributed by atoms with E-state index in [1.165, 1.54) is 13.2 Å². The molecule has 3 nitrogen and oxygen atoms in total. The Hall–Kier alpha value is -0.650. The van der Waals surface area contributed by atoms with E-state index in [-0.39, 0.29) is 11.7 Å². The lowest BCUT2D eigenvalue weighted by molar-refractivity contribution is 0.0863. The van der Waals surface area contributed by atoms with E-state index in [1.54, 1.807) is 6.07 Å². The van der Waals surface area contributed by atoms with Crippen molar-refractivity contribution in [3.63, 3.8) is 0 Å². The summed E-state index contributed by atoms with van der Waals surface area (Å²) < 4.78 is 18.9. The van der Waals surface area contributed by atoms with Crippen LogP contribution in [0, 0.1) is 11.7 Å². The van der Waals surface area contributed by atoms with Crippen molar-refractivity contribution in [1.82, 2.24) is 5.32 Å². The van der Waals surface area contributed by atoms with Crippen LogP contribution in [0.5, 0.6) is 5.75 Å². The number of halogens is 2. The summed E-state index contributed by atoms with van der Waals surface area (Å²) in [6, 6.07) is 2.92. The Morgan fingerprint density at radius 2 is 2.11 bits per heavy atom. The van der Waals surface area contributed by atoms with Gasteiger partial charge in [-0.15, -0.1) is 0 Å². The van der Waals surface area contributed by atoms with Gasteiger partial charge in [-0.2, -0.15) is 0 Å². The number of benzene rings is 1. The van der Waals surface area contributed by atoms with E-state index in [2.05, 4.69) is 21.2 Å². The van der Waals surface area contributed by atoms with Crippen LogP contribution >= 0.6 is 15.9 Å². The summed E-state index contributed by atoms with van der Waals surface area (Å²) in [5, 5.41) is 13.7. The maximum absolute atomic E-state index is 13.4. The minimum atomic E-state index is -0.612. The van der Waals surface area contributed by atoms with Gasteiger partial charge in [0.1, 0.15) is 11.6 Å². The monoisotopic (exact) mass is 317 g/mol. The molecule has 1 aliphatic heterocycles. The summed E-state index contributed by atoms with van der Waals surface area (Å²) in [6.45, 7) is 1.82. The fraction of sp³-hybridized carbons (Fsp3) is 0.538. The Morgan fingerprint density at radius 1 is 1.44 bits per heavy atom. The molecule has 1 saturated heterocycles. The van der Waals surface area contributed by atoms with E-state index in [9.17, 15) is 9.50 Å². The van der Waals surface area contributed by atoms with Crippen molar-refractivity contribution in [2.45, 2.75) is 18.9 Å². The van der Waals surface area contributed by atoms with Crippen LogP contribution in [0.2, 0.25) is 0 Å². The van der Waals surface area contributed by atoms with Crippen molar-refractivity contribution in [1.29, 1.82) is 0 Å². The molecule has 1 fully saturated rings. The molecule has 1 aromatic carbocycles. The third-order valence-electron chi connectivity index (χ3n) is 3.42. The molecule has 0 radical (unpaired) electrons. The topological polar surface area (TPSA) is 41.5 Å². The molecule has 0 amide bonds. The molecular formula is C13H17BrFNO2. The number of nitrogens with one attached hydrogen (secondary N) is 1. The van der Waals surface area contributed by atoms with Gasteiger partial charge in [0.2, 0.25) is 0 Å². The molecule has 100 valence electrons. The van der Waals surface area contributed by atoms with Crippen LogP contribution in [0.1, 0.15) is 24.5 Å². The van der Waals surface area contributed by atoms with Crippen LogP contribution in [-0.2, 0) is 0 Å². The van der Waals surface area contributed by atoms with Gasteiger partial charge in [0, 0.05) is 11.6 Å². The standard InChI is InChI=1S/C13H17BrFNO2/c1-18-12-7-11(15)10(14)6-9(12)13(17)8-2-4-16-5-3-8/h6-8,13,16-17H,2-5H2,1H3. The maximum Gasteiger partial charge on any atom is 0.141 e. The van der Waals surface area contributed by atoms with Crippen LogP contribution in [0.15, 0.2) is 16.6 Å². The highest BCUT2D eigenvalue weighted by Gasteiger charge is 2.26. The molecule has 2 rings (SSSR count). The van der Waals surface area contributed by atoms with Gasteiger partial charge in [-0.25, -0.2) is 4.39 Å². The smallest absolute Gasteiger partial charge is 0.141 e. The van der Waals surface area contributed by atoms with Gasteiger partial charge in [0.15, 0.2) is 0 Å². The first-order valence-corrected chi connectivity index (χ1v) is 6.84. The zero-order chi connectivity index (χ0) is 13.1. The zero-order valence-corrected chi connectivity index (χ0v) is 11.8. The molecular weight excluding hydrogens is 301 g/mol. The molecule has 0 bridgehead atoms. The summed E-state index contributed by atoms with van der Waals surface area (Å²) in [5.74, 6) is 0.215. The molecule has 0 spiro atoms. The summed E-state index contributed by atoms with van der Waals surface area (Å²) in [5.41, 5.74) is 0.651. The van der Waals surface area contributed by atoms with Crippen molar-refractivity contribution < 1.29 is 14.2 Å². The van der Waals surface area contributed by atoms with Crippen molar-refractivity contribution in [2.24, 2.45) is 5.92 Å². The molecule has 1 aromatic rings. The van der Waals surface area contributed by atoms with Gasteiger partial charge in [0.05, 0.1) is 17.7 Å². The molecule has 1 unspecified atom stereocenters. The highest BCUT2D eigenvalue weighted by molar-refractivity contribution is 9.10. The second kappa shape index (κ2) is 5.99. The third-order valence-corrected chi connectivity index (χ3v) is 4.03. The lowest BCUT2D eigenvalue weighted by atomic mass is 9.88. The van der Waals surface area contributed by atoms with E-state index >= 15 is 0 Å². The molecule has 0 aromatic heterocycles. The van der Waals surface area contributed by atoms with Crippen molar-refractivity contribution in [2.75, 3.05) is 20.2 Å². The predicted molar refractivity (Wildman–Crippen MR) is 71.2 cm³/mol. The molecule has 1 heterocycles. The fourth-order valence-electron chi connectivity index (χ4n) is 2.37. The molecule has 0 aliphatic carbocycles. The summed E-state index contributed by atoms with van der Waals surface area (Å²) >= 11 is 3.15. The Morgan fingerprint density at radius 3 is 2.72 bits per heavy atom. The molecule has 2 N–H and O–H groups in total. The number of rotatable bonds is 3. The number of hydrogen-bond acceptors (Lipinski definition) is 3. The van der Waals surface area contributed by atoms with Crippen LogP contribution < -0.4 is 10.1 Å². The normalized spacial score (nSPS) is 18.7. The average molecular weight is 318 g/mol. The minimum Gasteiger partial charge on any atom is -0.496 e. The molecule has 5 heteroatoms.